The Hall–Kier alpha value is -1.67. The largest absolute Gasteiger partial charge is 0.497 e. The van der Waals surface area contributed by atoms with Crippen LogP contribution in [0.25, 0.3) is 0 Å². The van der Waals surface area contributed by atoms with Crippen molar-refractivity contribution in [3.8, 4) is 5.75 Å². The van der Waals surface area contributed by atoms with Gasteiger partial charge in [0.05, 0.1) is 7.11 Å². The van der Waals surface area contributed by atoms with Crippen LogP contribution >= 0.6 is 11.6 Å². The molecule has 0 aliphatic rings. The van der Waals surface area contributed by atoms with Crippen LogP contribution in [0.1, 0.15) is 18.9 Å². The Balaban J connectivity index is 1.82. The lowest BCUT2D eigenvalue weighted by molar-refractivity contribution is 0.414. The molecule has 0 radical (unpaired) electrons. The van der Waals surface area contributed by atoms with Crippen LogP contribution in [0, 0.1) is 0 Å². The van der Waals surface area contributed by atoms with Crippen LogP contribution in [0.5, 0.6) is 5.75 Å². The Morgan fingerprint density at radius 2 is 1.70 bits per heavy atom. The van der Waals surface area contributed by atoms with Crippen molar-refractivity contribution in [3.05, 3.63) is 59.1 Å². The van der Waals surface area contributed by atoms with Crippen molar-refractivity contribution >= 4 is 17.3 Å². The molecular formula is C17H20ClNO. The summed E-state index contributed by atoms with van der Waals surface area (Å²) in [6.45, 7) is 2.19. The first-order valence-electron chi connectivity index (χ1n) is 6.82. The van der Waals surface area contributed by atoms with Crippen LogP contribution in [0.3, 0.4) is 0 Å². The van der Waals surface area contributed by atoms with Crippen LogP contribution in [0.2, 0.25) is 5.02 Å². The molecule has 0 spiro atoms. The summed E-state index contributed by atoms with van der Waals surface area (Å²) in [6.07, 6.45) is 2.13. The fraction of sp³-hybridized carbons (Fsp3) is 0.294. The number of aryl methyl sites for hydroxylation is 1. The van der Waals surface area contributed by atoms with Gasteiger partial charge < -0.3 is 10.1 Å². The van der Waals surface area contributed by atoms with E-state index in [9.17, 15) is 0 Å². The summed E-state index contributed by atoms with van der Waals surface area (Å²) in [4.78, 5) is 0. The summed E-state index contributed by atoms with van der Waals surface area (Å²) in [5.74, 6) is 0.904. The van der Waals surface area contributed by atoms with Gasteiger partial charge in [-0.05, 0) is 61.7 Å². The second kappa shape index (κ2) is 7.20. The van der Waals surface area contributed by atoms with E-state index in [0.717, 1.165) is 29.3 Å². The topological polar surface area (TPSA) is 21.3 Å². The highest BCUT2D eigenvalue weighted by molar-refractivity contribution is 6.30. The standard InChI is InChI=1S/C17H20ClNO/c1-13(19-16-9-7-15(18)8-10-16)3-4-14-5-11-17(20-2)12-6-14/h5-13,19H,3-4H2,1-2H3. The van der Waals surface area contributed by atoms with E-state index in [1.807, 2.05) is 36.4 Å². The highest BCUT2D eigenvalue weighted by atomic mass is 35.5. The number of anilines is 1. The lowest BCUT2D eigenvalue weighted by atomic mass is 10.1. The smallest absolute Gasteiger partial charge is 0.118 e. The average molecular weight is 290 g/mol. The van der Waals surface area contributed by atoms with E-state index in [4.69, 9.17) is 16.3 Å². The van der Waals surface area contributed by atoms with Gasteiger partial charge in [-0.1, -0.05) is 23.7 Å². The summed E-state index contributed by atoms with van der Waals surface area (Å²) in [5, 5.41) is 4.24. The van der Waals surface area contributed by atoms with E-state index in [-0.39, 0.29) is 0 Å². The molecule has 1 N–H and O–H groups in total. The Morgan fingerprint density at radius 1 is 1.05 bits per heavy atom. The molecule has 2 rings (SSSR count). The van der Waals surface area contributed by atoms with Crippen molar-refractivity contribution in [2.24, 2.45) is 0 Å². The van der Waals surface area contributed by atoms with Gasteiger partial charge in [0.25, 0.3) is 0 Å². The second-order valence-corrected chi connectivity index (χ2v) is 5.38. The van der Waals surface area contributed by atoms with Crippen molar-refractivity contribution in [1.29, 1.82) is 0 Å². The number of benzene rings is 2. The third kappa shape index (κ3) is 4.46. The predicted molar refractivity (Wildman–Crippen MR) is 85.9 cm³/mol. The fourth-order valence-electron chi connectivity index (χ4n) is 2.08. The van der Waals surface area contributed by atoms with E-state index in [2.05, 4.69) is 24.4 Å². The number of hydrogen-bond acceptors (Lipinski definition) is 2. The molecule has 0 heterocycles. The molecule has 106 valence electrons. The number of methoxy groups -OCH3 is 1. The summed E-state index contributed by atoms with van der Waals surface area (Å²) in [5.41, 5.74) is 2.44. The van der Waals surface area contributed by atoms with Gasteiger partial charge in [0.1, 0.15) is 5.75 Å². The van der Waals surface area contributed by atoms with Gasteiger partial charge in [-0.3, -0.25) is 0 Å². The average Bonchev–Trinajstić information content (AvgIpc) is 2.48. The summed E-state index contributed by atoms with van der Waals surface area (Å²) >= 11 is 5.88. The van der Waals surface area contributed by atoms with Crippen LogP contribution in [0.15, 0.2) is 48.5 Å². The molecule has 0 fully saturated rings. The van der Waals surface area contributed by atoms with Gasteiger partial charge in [-0.2, -0.15) is 0 Å². The molecule has 0 bridgehead atoms. The number of rotatable bonds is 6. The molecule has 0 aromatic heterocycles. The van der Waals surface area contributed by atoms with E-state index in [0.29, 0.717) is 6.04 Å². The summed E-state index contributed by atoms with van der Waals surface area (Å²) in [7, 11) is 1.69. The predicted octanol–water partition coefficient (Wildman–Crippen LogP) is 4.78. The maximum Gasteiger partial charge on any atom is 0.118 e. The maximum atomic E-state index is 5.88. The number of halogens is 1. The molecule has 0 saturated heterocycles. The van der Waals surface area contributed by atoms with E-state index < -0.39 is 0 Å². The lowest BCUT2D eigenvalue weighted by Crippen LogP contribution is -2.15. The minimum atomic E-state index is 0.415. The van der Waals surface area contributed by atoms with Gasteiger partial charge >= 0.3 is 0 Å². The van der Waals surface area contributed by atoms with Crippen molar-refractivity contribution < 1.29 is 4.74 Å². The van der Waals surface area contributed by atoms with E-state index in [1.165, 1.54) is 5.56 Å². The van der Waals surface area contributed by atoms with E-state index in [1.54, 1.807) is 7.11 Å². The van der Waals surface area contributed by atoms with Crippen LogP contribution < -0.4 is 10.1 Å². The van der Waals surface area contributed by atoms with E-state index >= 15 is 0 Å². The number of hydrogen-bond donors (Lipinski definition) is 1. The molecular weight excluding hydrogens is 270 g/mol. The highest BCUT2D eigenvalue weighted by Gasteiger charge is 2.03. The minimum absolute atomic E-state index is 0.415. The highest BCUT2D eigenvalue weighted by Crippen LogP contribution is 2.17. The lowest BCUT2D eigenvalue weighted by Gasteiger charge is -2.15. The summed E-state index contributed by atoms with van der Waals surface area (Å²) < 4.78 is 5.16. The fourth-order valence-corrected chi connectivity index (χ4v) is 2.20. The molecule has 2 aromatic carbocycles. The molecule has 0 aliphatic carbocycles. The van der Waals surface area contributed by atoms with Crippen molar-refractivity contribution in [3.63, 3.8) is 0 Å². The van der Waals surface area contributed by atoms with Gasteiger partial charge in [-0.15, -0.1) is 0 Å². The third-order valence-corrected chi connectivity index (χ3v) is 3.53. The number of nitrogens with one attached hydrogen (secondary N) is 1. The van der Waals surface area contributed by atoms with Gasteiger partial charge in [-0.25, -0.2) is 0 Å². The second-order valence-electron chi connectivity index (χ2n) is 4.94. The SMILES string of the molecule is COc1ccc(CCC(C)Nc2ccc(Cl)cc2)cc1. The zero-order valence-electron chi connectivity index (χ0n) is 11.9. The van der Waals surface area contributed by atoms with Crippen molar-refractivity contribution in [1.82, 2.24) is 0 Å². The quantitative estimate of drug-likeness (QED) is 0.826. The molecule has 20 heavy (non-hydrogen) atoms. The zero-order valence-corrected chi connectivity index (χ0v) is 12.7. The molecule has 0 saturated carbocycles. The first-order valence-corrected chi connectivity index (χ1v) is 7.20. The molecule has 2 nitrogen and oxygen atoms in total. The van der Waals surface area contributed by atoms with Gasteiger partial charge in [0.2, 0.25) is 0 Å². The Bertz CT molecular complexity index is 522. The normalized spacial score (nSPS) is 11.9. The Morgan fingerprint density at radius 3 is 2.30 bits per heavy atom. The molecule has 3 heteroatoms. The monoisotopic (exact) mass is 289 g/mol. The first kappa shape index (κ1) is 14.7. The van der Waals surface area contributed by atoms with Crippen LogP contribution in [-0.2, 0) is 6.42 Å². The first-order chi connectivity index (χ1) is 9.67. The Kier molecular flexibility index (Phi) is 5.31. The molecule has 0 amide bonds. The molecule has 1 atom stereocenters. The summed E-state index contributed by atoms with van der Waals surface area (Å²) in [6, 6.07) is 16.5. The molecule has 2 aromatic rings. The zero-order chi connectivity index (χ0) is 14.4. The maximum absolute atomic E-state index is 5.88. The van der Waals surface area contributed by atoms with Crippen LogP contribution in [-0.4, -0.2) is 13.2 Å². The number of ether oxygens (including phenoxy) is 1. The van der Waals surface area contributed by atoms with Gasteiger partial charge in [0, 0.05) is 16.8 Å². The third-order valence-electron chi connectivity index (χ3n) is 3.28. The Labute approximate surface area is 125 Å². The minimum Gasteiger partial charge on any atom is -0.497 e. The van der Waals surface area contributed by atoms with Crippen molar-refractivity contribution in [2.45, 2.75) is 25.8 Å². The molecule has 0 aliphatic heterocycles. The van der Waals surface area contributed by atoms with Crippen molar-refractivity contribution in [2.75, 3.05) is 12.4 Å². The van der Waals surface area contributed by atoms with Crippen LogP contribution in [0.4, 0.5) is 5.69 Å². The van der Waals surface area contributed by atoms with Gasteiger partial charge in [0.15, 0.2) is 0 Å². The molecule has 1 unspecified atom stereocenters.